The van der Waals surface area contributed by atoms with Crippen LogP contribution in [0.3, 0.4) is 0 Å². The van der Waals surface area contributed by atoms with E-state index in [1.54, 1.807) is 50.6 Å². The van der Waals surface area contributed by atoms with Gasteiger partial charge in [-0.15, -0.1) is 0 Å². The summed E-state index contributed by atoms with van der Waals surface area (Å²) in [4.78, 5) is 21.9. The normalized spacial score (nSPS) is 9.90. The number of aromatic carboxylic acids is 1. The van der Waals surface area contributed by atoms with Crippen molar-refractivity contribution in [3.8, 4) is 11.5 Å². The van der Waals surface area contributed by atoms with Crippen LogP contribution in [0.15, 0.2) is 48.5 Å². The van der Waals surface area contributed by atoms with Crippen molar-refractivity contribution in [1.29, 1.82) is 0 Å². The number of hydrogen-bond acceptors (Lipinski definition) is 7. The second-order valence-electron chi connectivity index (χ2n) is 6.24. The third-order valence-corrected chi connectivity index (χ3v) is 3.86. The fourth-order valence-corrected chi connectivity index (χ4v) is 2.34. The van der Waals surface area contributed by atoms with Crippen molar-refractivity contribution >= 4 is 11.9 Å². The van der Waals surface area contributed by atoms with Gasteiger partial charge in [-0.2, -0.15) is 0 Å². The highest BCUT2D eigenvalue weighted by Gasteiger charge is 2.06. The van der Waals surface area contributed by atoms with Gasteiger partial charge in [-0.1, -0.05) is 12.1 Å². The molecule has 170 valence electrons. The van der Waals surface area contributed by atoms with Crippen LogP contribution in [-0.2, 0) is 14.2 Å². The van der Waals surface area contributed by atoms with Crippen molar-refractivity contribution in [3.63, 3.8) is 0 Å². The van der Waals surface area contributed by atoms with Gasteiger partial charge in [-0.05, 0) is 36.4 Å². The molecule has 0 amide bonds. The van der Waals surface area contributed by atoms with E-state index in [-0.39, 0.29) is 11.5 Å². The SMILES string of the molecule is COCCCOc1cccc(C(=O)O)c1.COCCCOc1cccc(C(=O)OC)c1. The minimum absolute atomic E-state index is 0.235. The number of hydrogen-bond donors (Lipinski definition) is 1. The highest BCUT2D eigenvalue weighted by molar-refractivity contribution is 5.89. The zero-order valence-electron chi connectivity index (χ0n) is 18.2. The molecule has 0 radical (unpaired) electrons. The fourth-order valence-electron chi connectivity index (χ4n) is 2.34. The third kappa shape index (κ3) is 11.0. The maximum atomic E-state index is 11.2. The molecule has 0 atom stereocenters. The van der Waals surface area contributed by atoms with Crippen LogP contribution < -0.4 is 9.47 Å². The number of carbonyl (C=O) groups excluding carboxylic acids is 1. The van der Waals surface area contributed by atoms with Gasteiger partial charge >= 0.3 is 11.9 Å². The molecule has 0 saturated carbocycles. The van der Waals surface area contributed by atoms with E-state index in [4.69, 9.17) is 24.1 Å². The van der Waals surface area contributed by atoms with Crippen LogP contribution in [0.2, 0.25) is 0 Å². The zero-order chi connectivity index (χ0) is 22.9. The van der Waals surface area contributed by atoms with E-state index in [2.05, 4.69) is 4.74 Å². The first-order valence-electron chi connectivity index (χ1n) is 9.77. The van der Waals surface area contributed by atoms with E-state index in [9.17, 15) is 9.59 Å². The molecule has 0 bridgehead atoms. The Morgan fingerprint density at radius 3 is 1.68 bits per heavy atom. The van der Waals surface area contributed by atoms with Crippen LogP contribution in [0.1, 0.15) is 33.6 Å². The Hall–Kier alpha value is -3.10. The number of esters is 1. The van der Waals surface area contributed by atoms with Crippen molar-refractivity contribution in [1.82, 2.24) is 0 Å². The quantitative estimate of drug-likeness (QED) is 0.399. The molecule has 1 N–H and O–H groups in total. The molecule has 0 aliphatic heterocycles. The number of ether oxygens (including phenoxy) is 5. The van der Waals surface area contributed by atoms with Gasteiger partial charge in [-0.3, -0.25) is 0 Å². The second-order valence-corrected chi connectivity index (χ2v) is 6.24. The van der Waals surface area contributed by atoms with Gasteiger partial charge in [-0.25, -0.2) is 9.59 Å². The average molecular weight is 434 g/mol. The minimum Gasteiger partial charge on any atom is -0.493 e. The lowest BCUT2D eigenvalue weighted by atomic mass is 10.2. The van der Waals surface area contributed by atoms with Crippen LogP contribution in [0, 0.1) is 0 Å². The summed E-state index contributed by atoms with van der Waals surface area (Å²) in [7, 11) is 4.64. The topological polar surface area (TPSA) is 101 Å². The molecule has 0 aromatic heterocycles. The lowest BCUT2D eigenvalue weighted by Gasteiger charge is -2.06. The average Bonchev–Trinajstić information content (AvgIpc) is 2.80. The Morgan fingerprint density at radius 1 is 0.742 bits per heavy atom. The molecule has 2 aromatic carbocycles. The van der Waals surface area contributed by atoms with Gasteiger partial charge < -0.3 is 28.8 Å². The first kappa shape index (κ1) is 25.9. The lowest BCUT2D eigenvalue weighted by molar-refractivity contribution is 0.0599. The largest absolute Gasteiger partial charge is 0.493 e. The van der Waals surface area contributed by atoms with E-state index < -0.39 is 5.97 Å². The van der Waals surface area contributed by atoms with E-state index in [1.165, 1.54) is 19.2 Å². The maximum Gasteiger partial charge on any atom is 0.337 e. The van der Waals surface area contributed by atoms with Gasteiger partial charge in [0, 0.05) is 40.3 Å². The summed E-state index contributed by atoms with van der Waals surface area (Å²) in [6.07, 6.45) is 1.60. The first-order chi connectivity index (χ1) is 15.0. The molecule has 0 saturated heterocycles. The Labute approximate surface area is 182 Å². The Balaban J connectivity index is 0.000000311. The number of rotatable bonds is 12. The molecular formula is C23H30O8. The van der Waals surface area contributed by atoms with Crippen molar-refractivity contribution < 1.29 is 38.4 Å². The minimum atomic E-state index is -0.947. The highest BCUT2D eigenvalue weighted by atomic mass is 16.5. The molecule has 0 aliphatic carbocycles. The molecule has 0 unspecified atom stereocenters. The second kappa shape index (κ2) is 15.7. The number of methoxy groups -OCH3 is 3. The third-order valence-electron chi connectivity index (χ3n) is 3.86. The number of carbonyl (C=O) groups is 2. The van der Waals surface area contributed by atoms with E-state index >= 15 is 0 Å². The monoisotopic (exact) mass is 434 g/mol. The lowest BCUT2D eigenvalue weighted by Crippen LogP contribution is -2.04. The maximum absolute atomic E-state index is 11.2. The van der Waals surface area contributed by atoms with Gasteiger partial charge in [0.05, 0.1) is 31.5 Å². The molecule has 8 nitrogen and oxygen atoms in total. The molecule has 0 fully saturated rings. The van der Waals surface area contributed by atoms with E-state index in [1.807, 2.05) is 0 Å². The van der Waals surface area contributed by atoms with Crippen LogP contribution in [-0.4, -0.2) is 64.8 Å². The van der Waals surface area contributed by atoms with Crippen molar-refractivity contribution in [2.45, 2.75) is 12.8 Å². The van der Waals surface area contributed by atoms with Crippen LogP contribution in [0.25, 0.3) is 0 Å². The Kier molecular flexibility index (Phi) is 13.1. The van der Waals surface area contributed by atoms with Crippen LogP contribution in [0.4, 0.5) is 0 Å². The summed E-state index contributed by atoms with van der Waals surface area (Å²) in [6.45, 7) is 2.39. The standard InChI is InChI=1S/C12H16O4.C11H14O4/c1-14-7-4-8-16-11-6-3-5-10(9-11)12(13)15-2;1-14-6-3-7-15-10-5-2-4-9(8-10)11(12)13/h3,5-6,9H,4,7-8H2,1-2H3;2,4-5,8H,3,6-7H2,1H3,(H,12,13). The molecule has 2 aromatic rings. The summed E-state index contributed by atoms with van der Waals surface area (Å²) >= 11 is 0. The molecule has 2 rings (SSSR count). The van der Waals surface area contributed by atoms with E-state index in [0.717, 1.165) is 12.8 Å². The summed E-state index contributed by atoms with van der Waals surface area (Å²) < 4.78 is 25.2. The number of benzene rings is 2. The molecular weight excluding hydrogens is 404 g/mol. The molecule has 31 heavy (non-hydrogen) atoms. The molecule has 0 spiro atoms. The van der Waals surface area contributed by atoms with Crippen LogP contribution >= 0.6 is 0 Å². The van der Waals surface area contributed by atoms with Crippen LogP contribution in [0.5, 0.6) is 11.5 Å². The van der Waals surface area contributed by atoms with E-state index in [0.29, 0.717) is 43.5 Å². The summed E-state index contributed by atoms with van der Waals surface area (Å²) in [5, 5.41) is 8.74. The molecule has 8 heteroatoms. The van der Waals surface area contributed by atoms with Crippen molar-refractivity contribution in [2.75, 3.05) is 47.8 Å². The van der Waals surface area contributed by atoms with Gasteiger partial charge in [0.15, 0.2) is 0 Å². The zero-order valence-corrected chi connectivity index (χ0v) is 18.2. The predicted octanol–water partition coefficient (Wildman–Crippen LogP) is 3.69. The van der Waals surface area contributed by atoms with Gasteiger partial charge in [0.25, 0.3) is 0 Å². The Bertz CT molecular complexity index is 791. The predicted molar refractivity (Wildman–Crippen MR) is 115 cm³/mol. The summed E-state index contributed by atoms with van der Waals surface area (Å²) in [5.41, 5.74) is 0.728. The summed E-state index contributed by atoms with van der Waals surface area (Å²) in [5.74, 6) is -0.0651. The fraction of sp³-hybridized carbons (Fsp3) is 0.391. The highest BCUT2D eigenvalue weighted by Crippen LogP contribution is 2.14. The Morgan fingerprint density at radius 2 is 1.23 bits per heavy atom. The van der Waals surface area contributed by atoms with Crippen molar-refractivity contribution in [3.05, 3.63) is 59.7 Å². The number of carboxylic acids is 1. The smallest absolute Gasteiger partial charge is 0.337 e. The van der Waals surface area contributed by atoms with Crippen molar-refractivity contribution in [2.24, 2.45) is 0 Å². The summed E-state index contributed by atoms with van der Waals surface area (Å²) in [6, 6.07) is 13.4. The number of carboxylic acid groups (broad SMARTS) is 1. The van der Waals surface area contributed by atoms with Gasteiger partial charge in [0.1, 0.15) is 11.5 Å². The van der Waals surface area contributed by atoms with Gasteiger partial charge in [0.2, 0.25) is 0 Å². The molecule has 0 heterocycles. The molecule has 0 aliphatic rings. The first-order valence-corrected chi connectivity index (χ1v) is 9.77.